The van der Waals surface area contributed by atoms with E-state index in [9.17, 15) is 14.7 Å². The van der Waals surface area contributed by atoms with Crippen LogP contribution < -0.4 is 4.74 Å². The van der Waals surface area contributed by atoms with Crippen molar-refractivity contribution in [3.63, 3.8) is 0 Å². The number of ether oxygens (including phenoxy) is 1. The van der Waals surface area contributed by atoms with Crippen molar-refractivity contribution in [2.45, 2.75) is 33.4 Å². The normalized spacial score (nSPS) is 16.0. The Labute approximate surface area is 190 Å². The first kappa shape index (κ1) is 21.8. The third-order valence-electron chi connectivity index (χ3n) is 5.36. The molecule has 0 saturated carbocycles. The van der Waals surface area contributed by atoms with E-state index in [0.29, 0.717) is 17.2 Å². The zero-order chi connectivity index (χ0) is 22.8. The number of nitrogens with zero attached hydrogens (tertiary/aromatic N) is 2. The van der Waals surface area contributed by atoms with Crippen LogP contribution in [0.4, 0.5) is 0 Å². The smallest absolute Gasteiger partial charge is 0.290 e. The van der Waals surface area contributed by atoms with Crippen molar-refractivity contribution in [2.75, 3.05) is 6.61 Å². The molecule has 3 aromatic rings. The van der Waals surface area contributed by atoms with Crippen molar-refractivity contribution in [3.8, 4) is 5.75 Å². The maximum absolute atomic E-state index is 13.5. The van der Waals surface area contributed by atoms with Gasteiger partial charge >= 0.3 is 0 Å². The zero-order valence-electron chi connectivity index (χ0n) is 18.2. The molecule has 4 rings (SSSR count). The molecule has 0 saturated heterocycles. The second kappa shape index (κ2) is 8.96. The molecule has 1 aliphatic heterocycles. The number of Topliss-reactive ketones (excluding diaryl/α,β-unsaturated/α-hetero) is 1. The van der Waals surface area contributed by atoms with Gasteiger partial charge in [-0.25, -0.2) is 4.98 Å². The Balaban J connectivity index is 1.73. The van der Waals surface area contributed by atoms with Crippen LogP contribution in [0.5, 0.6) is 5.75 Å². The number of thiazole rings is 1. The van der Waals surface area contributed by atoms with E-state index in [4.69, 9.17) is 4.74 Å². The first-order valence-electron chi connectivity index (χ1n) is 10.4. The molecule has 1 amide bonds. The van der Waals surface area contributed by atoms with E-state index >= 15 is 0 Å². The van der Waals surface area contributed by atoms with Crippen molar-refractivity contribution in [3.05, 3.63) is 92.6 Å². The van der Waals surface area contributed by atoms with Gasteiger partial charge in [-0.2, -0.15) is 0 Å². The molecule has 2 aromatic carbocycles. The molecule has 1 aromatic heterocycles. The molecular formula is C25H24N2O4S. The number of ketones is 1. The number of aliphatic hydroxyl groups excluding tert-OH is 1. The van der Waals surface area contributed by atoms with Gasteiger partial charge in [-0.05, 0) is 44.0 Å². The van der Waals surface area contributed by atoms with Crippen molar-refractivity contribution in [2.24, 2.45) is 0 Å². The number of hydrogen-bond acceptors (Lipinski definition) is 6. The number of hydrogen-bond donors (Lipinski definition) is 1. The van der Waals surface area contributed by atoms with Crippen LogP contribution in [0.2, 0.25) is 0 Å². The summed E-state index contributed by atoms with van der Waals surface area (Å²) < 4.78 is 5.49. The number of amides is 1. The summed E-state index contributed by atoms with van der Waals surface area (Å²) in [5.41, 5.74) is 2.33. The number of carbonyl (C=O) groups excluding carboxylic acids is 2. The van der Waals surface area contributed by atoms with Crippen LogP contribution in [0.25, 0.3) is 0 Å². The van der Waals surface area contributed by atoms with E-state index in [1.54, 1.807) is 6.92 Å². The standard InChI is InChI=1S/C25H24N2O4S/c1-4-31-19-12-10-17(11-13-19)14-27-21(18-8-6-5-7-9-18)20(23(29)25(27)30)22(28)24-15(2)26-16(3)32-24/h5-13,21,29H,4,14H2,1-3H3. The minimum absolute atomic E-state index is 0.0962. The number of carbonyl (C=O) groups is 2. The minimum Gasteiger partial charge on any atom is -0.503 e. The van der Waals surface area contributed by atoms with E-state index in [1.165, 1.54) is 16.2 Å². The maximum Gasteiger partial charge on any atom is 0.290 e. The second-order valence-electron chi connectivity index (χ2n) is 7.56. The number of aromatic nitrogens is 1. The lowest BCUT2D eigenvalue weighted by Crippen LogP contribution is -2.30. The number of benzene rings is 2. The molecule has 1 N–H and O–H groups in total. The van der Waals surface area contributed by atoms with Crippen LogP contribution in [0.15, 0.2) is 65.9 Å². The lowest BCUT2D eigenvalue weighted by Gasteiger charge is -2.27. The summed E-state index contributed by atoms with van der Waals surface area (Å²) in [4.78, 5) is 32.9. The molecule has 164 valence electrons. The lowest BCUT2D eigenvalue weighted by molar-refractivity contribution is -0.130. The van der Waals surface area contributed by atoms with E-state index < -0.39 is 17.7 Å². The fraction of sp³-hybridized carbons (Fsp3) is 0.240. The van der Waals surface area contributed by atoms with Crippen molar-refractivity contribution in [1.29, 1.82) is 0 Å². The molecule has 7 heteroatoms. The van der Waals surface area contributed by atoms with E-state index in [1.807, 2.05) is 68.4 Å². The molecule has 2 heterocycles. The SMILES string of the molecule is CCOc1ccc(CN2C(=O)C(O)=C(C(=O)c3sc(C)nc3C)C2c2ccccc2)cc1. The summed E-state index contributed by atoms with van der Waals surface area (Å²) in [6.45, 7) is 6.32. The van der Waals surface area contributed by atoms with Crippen LogP contribution in [0.1, 0.15) is 44.5 Å². The zero-order valence-corrected chi connectivity index (χ0v) is 19.0. The van der Waals surface area contributed by atoms with E-state index in [2.05, 4.69) is 4.98 Å². The van der Waals surface area contributed by atoms with Gasteiger partial charge in [0.1, 0.15) is 5.75 Å². The molecular weight excluding hydrogens is 424 g/mol. The molecule has 0 aliphatic carbocycles. The Morgan fingerprint density at radius 1 is 1.12 bits per heavy atom. The maximum atomic E-state index is 13.5. The van der Waals surface area contributed by atoms with Crippen molar-refractivity contribution < 1.29 is 19.4 Å². The molecule has 32 heavy (non-hydrogen) atoms. The highest BCUT2D eigenvalue weighted by Gasteiger charge is 2.44. The van der Waals surface area contributed by atoms with Gasteiger partial charge in [-0.3, -0.25) is 9.59 Å². The molecule has 0 spiro atoms. The first-order valence-corrected chi connectivity index (χ1v) is 11.2. The quantitative estimate of drug-likeness (QED) is 0.518. The molecule has 6 nitrogen and oxygen atoms in total. The number of rotatable bonds is 7. The predicted molar refractivity (Wildman–Crippen MR) is 123 cm³/mol. The molecule has 1 aliphatic rings. The molecule has 1 atom stereocenters. The van der Waals surface area contributed by atoms with Crippen LogP contribution in [0.3, 0.4) is 0 Å². The summed E-state index contributed by atoms with van der Waals surface area (Å²) in [5.74, 6) is -0.672. The third kappa shape index (κ3) is 4.03. The topological polar surface area (TPSA) is 79.7 Å². The highest BCUT2D eigenvalue weighted by molar-refractivity contribution is 7.14. The first-order chi connectivity index (χ1) is 15.4. The summed E-state index contributed by atoms with van der Waals surface area (Å²) in [6.07, 6.45) is 0. The van der Waals surface area contributed by atoms with E-state index in [0.717, 1.165) is 21.9 Å². The van der Waals surface area contributed by atoms with Gasteiger partial charge in [0.05, 0.1) is 33.8 Å². The molecule has 0 radical (unpaired) electrons. The fourth-order valence-corrected chi connectivity index (χ4v) is 4.82. The van der Waals surface area contributed by atoms with Gasteiger partial charge in [-0.15, -0.1) is 11.3 Å². The minimum atomic E-state index is -0.690. The summed E-state index contributed by atoms with van der Waals surface area (Å²) in [5, 5.41) is 11.6. The molecule has 0 fully saturated rings. The Morgan fingerprint density at radius 3 is 2.41 bits per heavy atom. The monoisotopic (exact) mass is 448 g/mol. The second-order valence-corrected chi connectivity index (χ2v) is 8.77. The average Bonchev–Trinajstić information content (AvgIpc) is 3.26. The van der Waals surface area contributed by atoms with Gasteiger partial charge in [0.15, 0.2) is 5.76 Å². The lowest BCUT2D eigenvalue weighted by atomic mass is 9.95. The van der Waals surface area contributed by atoms with Crippen LogP contribution in [-0.4, -0.2) is 33.3 Å². The van der Waals surface area contributed by atoms with Crippen molar-refractivity contribution in [1.82, 2.24) is 9.88 Å². The Hall–Kier alpha value is -3.45. The Morgan fingerprint density at radius 2 is 1.81 bits per heavy atom. The predicted octanol–water partition coefficient (Wildman–Crippen LogP) is 4.94. The van der Waals surface area contributed by atoms with Crippen LogP contribution >= 0.6 is 11.3 Å². The third-order valence-corrected chi connectivity index (χ3v) is 6.43. The van der Waals surface area contributed by atoms with Gasteiger partial charge in [-0.1, -0.05) is 42.5 Å². The van der Waals surface area contributed by atoms with E-state index in [-0.39, 0.29) is 17.9 Å². The largest absolute Gasteiger partial charge is 0.503 e. The van der Waals surface area contributed by atoms with Crippen LogP contribution in [-0.2, 0) is 11.3 Å². The van der Waals surface area contributed by atoms with Gasteiger partial charge < -0.3 is 14.7 Å². The Bertz CT molecular complexity index is 1180. The number of aryl methyl sites for hydroxylation is 2. The van der Waals surface area contributed by atoms with Gasteiger partial charge in [0.25, 0.3) is 5.91 Å². The average molecular weight is 449 g/mol. The highest BCUT2D eigenvalue weighted by atomic mass is 32.1. The summed E-state index contributed by atoms with van der Waals surface area (Å²) in [7, 11) is 0. The summed E-state index contributed by atoms with van der Waals surface area (Å²) in [6, 6.07) is 16.1. The fourth-order valence-electron chi connectivity index (χ4n) is 3.95. The highest BCUT2D eigenvalue weighted by Crippen LogP contribution is 2.41. The van der Waals surface area contributed by atoms with Gasteiger partial charge in [0, 0.05) is 6.54 Å². The van der Waals surface area contributed by atoms with Crippen molar-refractivity contribution >= 4 is 23.0 Å². The van der Waals surface area contributed by atoms with Crippen LogP contribution in [0, 0.1) is 13.8 Å². The summed E-state index contributed by atoms with van der Waals surface area (Å²) >= 11 is 1.27. The molecule has 1 unspecified atom stereocenters. The molecule has 0 bridgehead atoms. The Kier molecular flexibility index (Phi) is 6.10. The number of aliphatic hydroxyl groups is 1. The van der Waals surface area contributed by atoms with Gasteiger partial charge in [0.2, 0.25) is 5.78 Å².